The Kier molecular flexibility index (Phi) is 4.27. The summed E-state index contributed by atoms with van der Waals surface area (Å²) in [5.41, 5.74) is 5.75. The van der Waals surface area contributed by atoms with Gasteiger partial charge in [-0.15, -0.1) is 0 Å². The molecule has 1 saturated heterocycles. The lowest BCUT2D eigenvalue weighted by Gasteiger charge is -2.22. The van der Waals surface area contributed by atoms with Gasteiger partial charge in [0.25, 0.3) is 0 Å². The number of benzene rings is 1. The fraction of sp³-hybridized carbons (Fsp3) is 0.556. The molecule has 2 fully saturated rings. The smallest absolute Gasteiger partial charge is 0.337 e. The summed E-state index contributed by atoms with van der Waals surface area (Å²) in [6, 6.07) is 5.13. The first-order valence-corrected chi connectivity index (χ1v) is 8.84. The van der Waals surface area contributed by atoms with Crippen molar-refractivity contribution in [1.82, 2.24) is 15.0 Å². The number of aromatic nitrogens is 2. The summed E-state index contributed by atoms with van der Waals surface area (Å²) in [4.78, 5) is 6.62. The van der Waals surface area contributed by atoms with Crippen LogP contribution in [0.15, 0.2) is 28.8 Å². The molecule has 0 bridgehead atoms. The first-order chi connectivity index (χ1) is 12.3. The molecule has 1 saturated carbocycles. The van der Waals surface area contributed by atoms with Crippen LogP contribution in [-0.4, -0.2) is 34.2 Å². The largest absolute Gasteiger partial charge is 0.416 e. The lowest BCUT2D eigenvalue weighted by molar-refractivity contribution is -0.137. The highest BCUT2D eigenvalue weighted by atomic mass is 19.4. The minimum absolute atomic E-state index is 0.0835. The van der Waals surface area contributed by atoms with Gasteiger partial charge in [-0.25, -0.2) is 0 Å². The van der Waals surface area contributed by atoms with E-state index in [9.17, 15) is 13.2 Å². The quantitative estimate of drug-likeness (QED) is 0.901. The molecule has 8 heteroatoms. The lowest BCUT2D eigenvalue weighted by atomic mass is 9.98. The predicted octanol–water partition coefficient (Wildman–Crippen LogP) is 3.49. The van der Waals surface area contributed by atoms with Crippen molar-refractivity contribution in [3.05, 3.63) is 35.7 Å². The molecule has 140 valence electrons. The number of alkyl halides is 3. The lowest BCUT2D eigenvalue weighted by Crippen LogP contribution is -2.31. The zero-order valence-corrected chi connectivity index (χ0v) is 14.4. The second kappa shape index (κ2) is 6.35. The highest BCUT2D eigenvalue weighted by Gasteiger charge is 2.43. The van der Waals surface area contributed by atoms with Gasteiger partial charge in [0.2, 0.25) is 11.7 Å². The first-order valence-electron chi connectivity index (χ1n) is 8.84. The zero-order chi connectivity index (χ0) is 18.5. The molecule has 1 aliphatic heterocycles. The highest BCUT2D eigenvalue weighted by molar-refractivity contribution is 5.55. The number of likely N-dealkylation sites (tertiary alicyclic amines) is 1. The maximum atomic E-state index is 12.9. The Bertz CT molecular complexity index is 791. The normalized spacial score (nSPS) is 27.7. The fourth-order valence-electron chi connectivity index (χ4n) is 4.17. The molecule has 1 aliphatic carbocycles. The molecule has 2 aliphatic rings. The molecule has 2 heterocycles. The predicted molar refractivity (Wildman–Crippen MR) is 88.9 cm³/mol. The van der Waals surface area contributed by atoms with E-state index in [1.54, 1.807) is 6.07 Å². The molecular weight excluding hydrogens is 345 g/mol. The molecule has 4 rings (SSSR count). The maximum absolute atomic E-state index is 12.9. The topological polar surface area (TPSA) is 68.2 Å². The van der Waals surface area contributed by atoms with E-state index in [-0.39, 0.29) is 17.9 Å². The fourth-order valence-corrected chi connectivity index (χ4v) is 4.17. The summed E-state index contributed by atoms with van der Waals surface area (Å²) in [6.07, 6.45) is -2.17. The van der Waals surface area contributed by atoms with Gasteiger partial charge in [0.05, 0.1) is 11.6 Å². The van der Waals surface area contributed by atoms with Crippen molar-refractivity contribution in [2.75, 3.05) is 13.1 Å². The molecule has 26 heavy (non-hydrogen) atoms. The van der Waals surface area contributed by atoms with Gasteiger partial charge >= 0.3 is 6.18 Å². The van der Waals surface area contributed by atoms with Crippen LogP contribution < -0.4 is 5.73 Å². The van der Waals surface area contributed by atoms with E-state index in [1.165, 1.54) is 6.07 Å². The van der Waals surface area contributed by atoms with Crippen molar-refractivity contribution >= 4 is 0 Å². The summed E-state index contributed by atoms with van der Waals surface area (Å²) < 4.78 is 44.0. The summed E-state index contributed by atoms with van der Waals surface area (Å²) in [5, 5.41) is 3.88. The van der Waals surface area contributed by atoms with Crippen LogP contribution in [-0.2, 0) is 6.18 Å². The third kappa shape index (κ3) is 3.12. The summed E-state index contributed by atoms with van der Waals surface area (Å²) in [5.74, 6) is 1.71. The Morgan fingerprint density at radius 1 is 1.27 bits per heavy atom. The standard InChI is InChI=1S/C18H21F3N4O/c1-10(25-8-12-5-6-15(22)14(12)9-25)17-23-16(24-26-17)11-3-2-4-13(7-11)18(19,20)21/h2-4,7,10,12,14-15H,5-6,8-9,22H2,1H3. The third-order valence-electron chi connectivity index (χ3n) is 5.74. The van der Waals surface area contributed by atoms with Crippen LogP contribution in [0.2, 0.25) is 0 Å². The SMILES string of the molecule is CC(c1nc(-c2cccc(C(F)(F)F)c2)no1)N1CC2CCC(N)C2C1. The van der Waals surface area contributed by atoms with E-state index in [0.717, 1.165) is 38.1 Å². The summed E-state index contributed by atoms with van der Waals surface area (Å²) in [7, 11) is 0. The number of nitrogens with zero attached hydrogens (tertiary/aromatic N) is 3. The van der Waals surface area contributed by atoms with Crippen LogP contribution >= 0.6 is 0 Å². The van der Waals surface area contributed by atoms with Gasteiger partial charge in [-0.05, 0) is 43.7 Å². The Labute approximate surface area is 149 Å². The number of rotatable bonds is 3. The van der Waals surface area contributed by atoms with E-state index >= 15 is 0 Å². The van der Waals surface area contributed by atoms with Crippen LogP contribution in [0.1, 0.15) is 37.3 Å². The Balaban J connectivity index is 1.52. The van der Waals surface area contributed by atoms with Crippen LogP contribution in [0, 0.1) is 11.8 Å². The average Bonchev–Trinajstić information content (AvgIpc) is 3.31. The van der Waals surface area contributed by atoms with Gasteiger partial charge in [0.15, 0.2) is 0 Å². The summed E-state index contributed by atoms with van der Waals surface area (Å²) in [6.45, 7) is 3.82. The first kappa shape index (κ1) is 17.5. The third-order valence-corrected chi connectivity index (χ3v) is 5.74. The second-order valence-corrected chi connectivity index (χ2v) is 7.33. The molecule has 1 aromatic carbocycles. The van der Waals surface area contributed by atoms with Crippen molar-refractivity contribution in [3.63, 3.8) is 0 Å². The molecular formula is C18H21F3N4O. The monoisotopic (exact) mass is 366 g/mol. The van der Waals surface area contributed by atoms with E-state index in [2.05, 4.69) is 15.0 Å². The van der Waals surface area contributed by atoms with Gasteiger partial charge in [0.1, 0.15) is 0 Å². The van der Waals surface area contributed by atoms with Gasteiger partial charge < -0.3 is 10.3 Å². The van der Waals surface area contributed by atoms with Crippen LogP contribution in [0.25, 0.3) is 11.4 Å². The van der Waals surface area contributed by atoms with Crippen LogP contribution in [0.4, 0.5) is 13.2 Å². The number of fused-ring (bicyclic) bond motifs is 1. The van der Waals surface area contributed by atoms with Crippen molar-refractivity contribution in [3.8, 4) is 11.4 Å². The Morgan fingerprint density at radius 3 is 2.81 bits per heavy atom. The second-order valence-electron chi connectivity index (χ2n) is 7.33. The van der Waals surface area contributed by atoms with Gasteiger partial charge in [-0.2, -0.15) is 18.2 Å². The average molecular weight is 366 g/mol. The molecule has 5 nitrogen and oxygen atoms in total. The number of hydrogen-bond acceptors (Lipinski definition) is 5. The molecule has 2 N–H and O–H groups in total. The van der Waals surface area contributed by atoms with Gasteiger partial charge in [-0.1, -0.05) is 17.3 Å². The Hall–Kier alpha value is -1.93. The molecule has 0 radical (unpaired) electrons. The number of nitrogens with two attached hydrogens (primary N) is 1. The van der Waals surface area contributed by atoms with Crippen molar-refractivity contribution in [2.45, 2.75) is 38.0 Å². The molecule has 0 spiro atoms. The van der Waals surface area contributed by atoms with Crippen LogP contribution in [0.3, 0.4) is 0 Å². The van der Waals surface area contributed by atoms with Gasteiger partial charge in [0, 0.05) is 24.7 Å². The van der Waals surface area contributed by atoms with Gasteiger partial charge in [-0.3, -0.25) is 4.90 Å². The minimum Gasteiger partial charge on any atom is -0.337 e. The molecule has 4 atom stereocenters. The number of halogens is 3. The summed E-state index contributed by atoms with van der Waals surface area (Å²) >= 11 is 0. The Morgan fingerprint density at radius 2 is 2.08 bits per heavy atom. The van der Waals surface area contributed by atoms with E-state index in [0.29, 0.717) is 23.3 Å². The zero-order valence-electron chi connectivity index (χ0n) is 14.4. The van der Waals surface area contributed by atoms with Crippen molar-refractivity contribution in [1.29, 1.82) is 0 Å². The van der Waals surface area contributed by atoms with Crippen molar-refractivity contribution in [2.24, 2.45) is 17.6 Å². The number of hydrogen-bond donors (Lipinski definition) is 1. The molecule has 1 aromatic heterocycles. The molecule has 4 unspecified atom stereocenters. The van der Waals surface area contributed by atoms with E-state index in [1.807, 2.05) is 6.92 Å². The molecule has 0 amide bonds. The van der Waals surface area contributed by atoms with Crippen LogP contribution in [0.5, 0.6) is 0 Å². The maximum Gasteiger partial charge on any atom is 0.416 e. The minimum atomic E-state index is -4.40. The van der Waals surface area contributed by atoms with Crippen molar-refractivity contribution < 1.29 is 17.7 Å². The van der Waals surface area contributed by atoms with E-state index < -0.39 is 11.7 Å². The van der Waals surface area contributed by atoms with E-state index in [4.69, 9.17) is 10.3 Å². The highest BCUT2D eigenvalue weighted by Crippen LogP contribution is 2.40. The molecule has 2 aromatic rings.